The zero-order valence-corrected chi connectivity index (χ0v) is 33.5. The van der Waals surface area contributed by atoms with Crippen LogP contribution in [-0.4, -0.2) is 29.7 Å². The number of rotatable bonds is 14. The normalized spacial score (nSPS) is 14.5. The second-order valence-corrected chi connectivity index (χ2v) is 14.8. The summed E-state index contributed by atoms with van der Waals surface area (Å²) in [5.74, 6) is 0. The van der Waals surface area contributed by atoms with Crippen molar-refractivity contribution in [3.63, 3.8) is 0 Å². The molecule has 6 aromatic carbocycles. The third-order valence-electron chi connectivity index (χ3n) is 11.0. The topological polar surface area (TPSA) is 39.2 Å². The number of para-hydroxylation sites is 3. The number of hydrogen-bond donors (Lipinski definition) is 0. The average Bonchev–Trinajstić information content (AvgIpc) is 4.09. The Morgan fingerprint density at radius 3 is 1.90 bits per heavy atom. The summed E-state index contributed by atoms with van der Waals surface area (Å²) >= 11 is 0. The first-order valence-corrected chi connectivity index (χ1v) is 20.7. The Morgan fingerprint density at radius 1 is 0.627 bits per heavy atom. The third kappa shape index (κ3) is 8.44. The lowest BCUT2D eigenvalue weighted by atomic mass is 9.93. The number of hydrazone groups is 1. The van der Waals surface area contributed by atoms with Gasteiger partial charge in [-0.15, -0.1) is 0 Å². The van der Waals surface area contributed by atoms with Crippen LogP contribution in [0.15, 0.2) is 205 Å². The lowest BCUT2D eigenvalue weighted by Crippen LogP contribution is -2.20. The van der Waals surface area contributed by atoms with Crippen molar-refractivity contribution >= 4 is 45.9 Å². The van der Waals surface area contributed by atoms with Gasteiger partial charge in [0, 0.05) is 34.9 Å². The Hall–Kier alpha value is -7.18. The van der Waals surface area contributed by atoms with Gasteiger partial charge in [0.25, 0.3) is 0 Å². The van der Waals surface area contributed by atoms with Gasteiger partial charge >= 0.3 is 0 Å². The van der Waals surface area contributed by atoms with Crippen molar-refractivity contribution in [2.75, 3.05) is 28.0 Å². The SMILES string of the molecule is CCN(c1ccc(C2=[N+]([N-]N(C3=CC=CCC3)c3ccccc3)C2)c(C2=CCCC=C2)c1)c1ccc(/C=N/N(c2ccccc2)c2ccccc2)c(-c2ccccc2)c1. The molecule has 0 fully saturated rings. The smallest absolute Gasteiger partial charge is 0.246 e. The summed E-state index contributed by atoms with van der Waals surface area (Å²) in [7, 11) is 0. The molecule has 0 aromatic heterocycles. The van der Waals surface area contributed by atoms with Crippen molar-refractivity contribution in [3.8, 4) is 11.1 Å². The molecule has 1 heterocycles. The Balaban J connectivity index is 1.07. The summed E-state index contributed by atoms with van der Waals surface area (Å²) in [6.45, 7) is 3.83. The Morgan fingerprint density at radius 2 is 1.27 bits per heavy atom. The minimum atomic E-state index is 0.794. The molecule has 0 saturated carbocycles. The highest BCUT2D eigenvalue weighted by molar-refractivity contribution is 6.08. The van der Waals surface area contributed by atoms with Crippen molar-refractivity contribution in [3.05, 3.63) is 222 Å². The van der Waals surface area contributed by atoms with Crippen LogP contribution in [0.5, 0.6) is 0 Å². The fourth-order valence-electron chi connectivity index (χ4n) is 7.89. The molecule has 59 heavy (non-hydrogen) atoms. The first-order valence-electron chi connectivity index (χ1n) is 20.7. The van der Waals surface area contributed by atoms with Gasteiger partial charge in [0.05, 0.1) is 23.2 Å². The second kappa shape index (κ2) is 17.5. The molecule has 1 aliphatic heterocycles. The predicted octanol–water partition coefficient (Wildman–Crippen LogP) is 13.2. The predicted molar refractivity (Wildman–Crippen MR) is 248 cm³/mol. The van der Waals surface area contributed by atoms with E-state index in [0.717, 1.165) is 83.9 Å². The number of hydrogen-bond acceptors (Lipinski definition) is 4. The summed E-state index contributed by atoms with van der Waals surface area (Å²) in [4.78, 5) is 2.41. The van der Waals surface area contributed by atoms with Crippen molar-refractivity contribution in [1.82, 2.24) is 0 Å². The van der Waals surface area contributed by atoms with Crippen LogP contribution in [0.3, 0.4) is 0 Å². The lowest BCUT2D eigenvalue weighted by Gasteiger charge is -2.35. The van der Waals surface area contributed by atoms with Crippen LogP contribution in [0.25, 0.3) is 22.2 Å². The zero-order valence-electron chi connectivity index (χ0n) is 33.5. The lowest BCUT2D eigenvalue weighted by molar-refractivity contribution is -0.386. The zero-order chi connectivity index (χ0) is 39.8. The molecule has 0 bridgehead atoms. The van der Waals surface area contributed by atoms with Gasteiger partial charge in [-0.25, -0.2) is 9.69 Å². The van der Waals surface area contributed by atoms with Crippen molar-refractivity contribution in [1.29, 1.82) is 0 Å². The van der Waals surface area contributed by atoms with E-state index < -0.39 is 0 Å². The van der Waals surface area contributed by atoms with Gasteiger partial charge in [0.1, 0.15) is 0 Å². The second-order valence-electron chi connectivity index (χ2n) is 14.8. The van der Waals surface area contributed by atoms with E-state index in [1.54, 1.807) is 0 Å². The van der Waals surface area contributed by atoms with Gasteiger partial charge in [-0.1, -0.05) is 121 Å². The maximum Gasteiger partial charge on any atom is 0.246 e. The van der Waals surface area contributed by atoms with Crippen LogP contribution < -0.4 is 14.9 Å². The molecule has 0 saturated heterocycles. The molecule has 290 valence electrons. The fourth-order valence-corrected chi connectivity index (χ4v) is 7.89. The summed E-state index contributed by atoms with van der Waals surface area (Å²) in [5, 5.41) is 9.20. The van der Waals surface area contributed by atoms with Crippen molar-refractivity contribution in [2.24, 2.45) is 5.10 Å². The van der Waals surface area contributed by atoms with E-state index >= 15 is 0 Å². The van der Waals surface area contributed by atoms with E-state index in [4.69, 9.17) is 10.6 Å². The van der Waals surface area contributed by atoms with Crippen LogP contribution in [-0.2, 0) is 0 Å². The molecule has 0 amide bonds. The molecular formula is C53H48N6. The molecule has 3 aliphatic rings. The maximum atomic E-state index is 5.22. The van der Waals surface area contributed by atoms with E-state index in [2.05, 4.69) is 179 Å². The Kier molecular flexibility index (Phi) is 11.1. The van der Waals surface area contributed by atoms with Crippen LogP contribution >= 0.6 is 0 Å². The van der Waals surface area contributed by atoms with E-state index in [1.807, 2.05) is 47.6 Å². The summed E-state index contributed by atoms with van der Waals surface area (Å²) in [5.41, 5.74) is 20.1. The highest BCUT2D eigenvalue weighted by Crippen LogP contribution is 2.37. The molecule has 6 heteroatoms. The minimum Gasteiger partial charge on any atom is -0.371 e. The van der Waals surface area contributed by atoms with Crippen LogP contribution in [0, 0.1) is 0 Å². The van der Waals surface area contributed by atoms with Gasteiger partial charge < -0.3 is 15.4 Å². The standard InChI is InChI=1S/C53H48N6/c1-2-56(48-34-33-43(51(37-48)41-21-9-3-10-22-41)39-54-58(44-25-13-5-14-26-44)45-27-15-6-16-28-45)49-35-36-50(52(38-49)42-23-11-4-12-24-42)53-40-57(53)55-59(46-29-17-7-18-30-46)47-31-19-8-20-32-47/h3,5-11,13-19,21-31,33-39H,2,4,12,20,32,40H2,1H3/b54-39+. The maximum absolute atomic E-state index is 5.22. The van der Waals surface area contributed by atoms with Crippen molar-refractivity contribution in [2.45, 2.75) is 32.6 Å². The molecule has 0 radical (unpaired) electrons. The first kappa shape index (κ1) is 37.4. The summed E-state index contributed by atoms with van der Waals surface area (Å²) < 4.78 is 2.15. The quantitative estimate of drug-likeness (QED) is 0.0629. The van der Waals surface area contributed by atoms with Gasteiger partial charge in [0.15, 0.2) is 0 Å². The molecule has 0 unspecified atom stereocenters. The third-order valence-corrected chi connectivity index (χ3v) is 11.0. The first-order chi connectivity index (χ1) is 29.2. The van der Waals surface area contributed by atoms with Crippen LogP contribution in [0.2, 0.25) is 0 Å². The van der Waals surface area contributed by atoms with Gasteiger partial charge in [0.2, 0.25) is 12.3 Å². The fraction of sp³-hybridized carbons (Fsp3) is 0.132. The number of anilines is 5. The highest BCUT2D eigenvalue weighted by atomic mass is 15.7. The number of nitrogens with zero attached hydrogens (tertiary/aromatic N) is 6. The van der Waals surface area contributed by atoms with Crippen LogP contribution in [0.1, 0.15) is 49.3 Å². The molecule has 0 atom stereocenters. The number of allylic oxidation sites excluding steroid dienone is 8. The Bertz CT molecular complexity index is 2550. The van der Waals surface area contributed by atoms with E-state index in [1.165, 1.54) is 28.1 Å². The van der Waals surface area contributed by atoms with Gasteiger partial charge in [-0.3, -0.25) is 0 Å². The van der Waals surface area contributed by atoms with E-state index in [0.29, 0.717) is 0 Å². The monoisotopic (exact) mass is 768 g/mol. The summed E-state index contributed by atoms with van der Waals surface area (Å²) in [6.07, 6.45) is 19.6. The molecule has 0 spiro atoms. The van der Waals surface area contributed by atoms with Crippen LogP contribution in [0.4, 0.5) is 28.4 Å². The molecular weight excluding hydrogens is 721 g/mol. The molecule has 2 aliphatic carbocycles. The Labute approximate surface area is 348 Å². The number of benzene rings is 6. The van der Waals surface area contributed by atoms with E-state index in [-0.39, 0.29) is 0 Å². The molecule has 0 N–H and O–H groups in total. The molecule has 6 nitrogen and oxygen atoms in total. The van der Waals surface area contributed by atoms with Gasteiger partial charge in [-0.2, -0.15) is 5.10 Å². The average molecular weight is 769 g/mol. The van der Waals surface area contributed by atoms with Crippen molar-refractivity contribution < 1.29 is 4.68 Å². The van der Waals surface area contributed by atoms with Gasteiger partial charge in [-0.05, 0) is 128 Å². The molecule has 9 rings (SSSR count). The highest BCUT2D eigenvalue weighted by Gasteiger charge is 2.34. The largest absolute Gasteiger partial charge is 0.371 e. The summed E-state index contributed by atoms with van der Waals surface area (Å²) in [6, 6.07) is 55.4. The van der Waals surface area contributed by atoms with E-state index in [9.17, 15) is 0 Å². The minimum absolute atomic E-state index is 0.794. The molecule has 6 aromatic rings.